The van der Waals surface area contributed by atoms with Crippen LogP contribution in [-0.2, 0) is 5.54 Å². The lowest BCUT2D eigenvalue weighted by Crippen LogP contribution is -2.52. The van der Waals surface area contributed by atoms with Crippen molar-refractivity contribution in [3.8, 4) is 11.5 Å². The van der Waals surface area contributed by atoms with Gasteiger partial charge in [0.25, 0.3) is 0 Å². The van der Waals surface area contributed by atoms with Gasteiger partial charge in [-0.05, 0) is 79.9 Å². The summed E-state index contributed by atoms with van der Waals surface area (Å²) < 4.78 is 11.5. The second-order valence-corrected chi connectivity index (χ2v) is 9.72. The van der Waals surface area contributed by atoms with Gasteiger partial charge in [-0.15, -0.1) is 0 Å². The zero-order valence-electron chi connectivity index (χ0n) is 19.8. The second-order valence-electron chi connectivity index (χ2n) is 8.53. The Labute approximate surface area is 220 Å². The monoisotopic (exact) mass is 530 g/mol. The van der Waals surface area contributed by atoms with Gasteiger partial charge in [0.05, 0.1) is 24.8 Å². The van der Waals surface area contributed by atoms with Crippen LogP contribution in [0.5, 0.6) is 11.5 Å². The summed E-state index contributed by atoms with van der Waals surface area (Å²) in [6, 6.07) is 19.7. The lowest BCUT2D eigenvalue weighted by Gasteiger charge is -2.41. The molecule has 0 bridgehead atoms. The summed E-state index contributed by atoms with van der Waals surface area (Å²) in [4.78, 5) is 19.7. The van der Waals surface area contributed by atoms with Gasteiger partial charge >= 0.3 is 5.37 Å². The summed E-state index contributed by atoms with van der Waals surface area (Å²) in [5, 5.41) is 0.487. The van der Waals surface area contributed by atoms with Crippen molar-refractivity contribution >= 4 is 46.0 Å². The SMILES string of the molecule is COc1ccc(C2=NC(C)C(c3ccc(Cl)cc3)(c3ccc(Cl)cc3)N2C(=O)Cl)c(OC(C)C)c1. The topological polar surface area (TPSA) is 51.1 Å². The maximum Gasteiger partial charge on any atom is 0.323 e. The zero-order chi connectivity index (χ0) is 25.3. The van der Waals surface area contributed by atoms with Crippen LogP contribution in [0.2, 0.25) is 10.0 Å². The van der Waals surface area contributed by atoms with Crippen LogP contribution in [0, 0.1) is 0 Å². The third kappa shape index (κ3) is 4.61. The third-order valence-corrected chi connectivity index (χ3v) is 6.69. The van der Waals surface area contributed by atoms with Crippen molar-refractivity contribution in [3.05, 3.63) is 93.5 Å². The van der Waals surface area contributed by atoms with E-state index in [1.807, 2.05) is 51.1 Å². The molecule has 1 heterocycles. The molecule has 1 amide bonds. The molecular formula is C27H25Cl3N2O3. The van der Waals surface area contributed by atoms with Crippen molar-refractivity contribution in [2.45, 2.75) is 38.5 Å². The van der Waals surface area contributed by atoms with Crippen molar-refractivity contribution in [1.82, 2.24) is 4.90 Å². The number of hydrogen-bond acceptors (Lipinski definition) is 4. The van der Waals surface area contributed by atoms with Gasteiger partial charge < -0.3 is 9.47 Å². The first-order valence-electron chi connectivity index (χ1n) is 11.1. The van der Waals surface area contributed by atoms with E-state index in [1.54, 1.807) is 43.5 Å². The Morgan fingerprint density at radius 3 is 1.97 bits per heavy atom. The van der Waals surface area contributed by atoms with E-state index >= 15 is 0 Å². The molecule has 35 heavy (non-hydrogen) atoms. The Hall–Kier alpha value is -2.73. The maximum atomic E-state index is 13.2. The smallest absolute Gasteiger partial charge is 0.323 e. The highest BCUT2D eigenvalue weighted by Gasteiger charge is 2.54. The molecule has 0 saturated heterocycles. The van der Waals surface area contributed by atoms with Gasteiger partial charge in [-0.3, -0.25) is 14.7 Å². The van der Waals surface area contributed by atoms with Crippen LogP contribution in [-0.4, -0.2) is 35.4 Å². The van der Waals surface area contributed by atoms with Crippen LogP contribution in [0.3, 0.4) is 0 Å². The molecule has 0 saturated carbocycles. The Balaban J connectivity index is 1.98. The van der Waals surface area contributed by atoms with E-state index < -0.39 is 16.9 Å². The molecule has 0 aromatic heterocycles. The van der Waals surface area contributed by atoms with E-state index in [4.69, 9.17) is 49.3 Å². The molecule has 0 radical (unpaired) electrons. The molecule has 1 atom stereocenters. The van der Waals surface area contributed by atoms with Crippen LogP contribution in [0.25, 0.3) is 0 Å². The zero-order valence-corrected chi connectivity index (χ0v) is 22.0. The first-order chi connectivity index (χ1) is 16.7. The Kier molecular flexibility index (Phi) is 7.32. The van der Waals surface area contributed by atoms with Crippen LogP contribution >= 0.6 is 34.8 Å². The summed E-state index contributed by atoms with van der Waals surface area (Å²) >= 11 is 18.8. The fourth-order valence-electron chi connectivity index (χ4n) is 4.58. The van der Waals surface area contributed by atoms with Gasteiger partial charge in [-0.25, -0.2) is 0 Å². The Morgan fingerprint density at radius 2 is 1.51 bits per heavy atom. The second kappa shape index (κ2) is 10.1. The number of hydrogen-bond donors (Lipinski definition) is 0. The molecular weight excluding hydrogens is 507 g/mol. The van der Waals surface area contributed by atoms with E-state index in [2.05, 4.69) is 0 Å². The normalized spacial score (nSPS) is 16.9. The number of methoxy groups -OCH3 is 1. The number of carbonyl (C=O) groups is 1. The minimum Gasteiger partial charge on any atom is -0.497 e. The van der Waals surface area contributed by atoms with Gasteiger partial charge in [0.2, 0.25) is 0 Å². The Morgan fingerprint density at radius 1 is 0.971 bits per heavy atom. The van der Waals surface area contributed by atoms with Crippen molar-refractivity contribution in [2.24, 2.45) is 4.99 Å². The molecule has 4 rings (SSSR count). The minimum absolute atomic E-state index is 0.113. The molecule has 1 aliphatic rings. The molecule has 3 aromatic rings. The molecule has 0 spiro atoms. The van der Waals surface area contributed by atoms with Crippen molar-refractivity contribution in [2.75, 3.05) is 7.11 Å². The number of ether oxygens (including phenoxy) is 2. The highest BCUT2D eigenvalue weighted by atomic mass is 35.5. The first-order valence-corrected chi connectivity index (χ1v) is 12.3. The molecule has 182 valence electrons. The van der Waals surface area contributed by atoms with Crippen molar-refractivity contribution in [1.29, 1.82) is 0 Å². The average molecular weight is 532 g/mol. The van der Waals surface area contributed by atoms with Crippen molar-refractivity contribution in [3.63, 3.8) is 0 Å². The lowest BCUT2D eigenvalue weighted by molar-refractivity contribution is 0.206. The Bertz CT molecular complexity index is 1210. The highest BCUT2D eigenvalue weighted by molar-refractivity contribution is 6.64. The summed E-state index contributed by atoms with van der Waals surface area (Å²) in [5.41, 5.74) is 1.21. The number of halogens is 3. The van der Waals surface area contributed by atoms with Crippen LogP contribution in [0.4, 0.5) is 4.79 Å². The van der Waals surface area contributed by atoms with E-state index in [1.165, 1.54) is 4.90 Å². The number of nitrogens with zero attached hydrogens (tertiary/aromatic N) is 2. The predicted octanol–water partition coefficient (Wildman–Crippen LogP) is 7.54. The van der Waals surface area contributed by atoms with Gasteiger partial charge in [0, 0.05) is 16.1 Å². The van der Waals surface area contributed by atoms with Crippen molar-refractivity contribution < 1.29 is 14.3 Å². The van der Waals surface area contributed by atoms with E-state index in [9.17, 15) is 4.79 Å². The number of carbonyl (C=O) groups excluding carboxylic acids is 1. The van der Waals surface area contributed by atoms with E-state index in [0.717, 1.165) is 11.1 Å². The number of benzene rings is 3. The standard InChI is InChI=1S/C27H25Cl3N2O3/c1-16(2)35-24-15-22(34-4)13-14-23(24)25-31-17(3)27(32(25)26(30)33,18-5-9-20(28)10-6-18)19-7-11-21(29)12-8-19/h5-17H,1-4H3. The predicted molar refractivity (Wildman–Crippen MR) is 142 cm³/mol. The van der Waals surface area contributed by atoms with Gasteiger partial charge in [-0.1, -0.05) is 47.5 Å². The fourth-order valence-corrected chi connectivity index (χ4v) is 5.05. The molecule has 0 aliphatic carbocycles. The van der Waals surface area contributed by atoms with Crippen LogP contribution in [0.15, 0.2) is 71.7 Å². The summed E-state index contributed by atoms with van der Waals surface area (Å²) in [7, 11) is 1.59. The highest BCUT2D eigenvalue weighted by Crippen LogP contribution is 2.48. The lowest BCUT2D eigenvalue weighted by atomic mass is 9.77. The first kappa shape index (κ1) is 25.4. The minimum atomic E-state index is -1.04. The molecule has 8 heteroatoms. The average Bonchev–Trinajstić information content (AvgIpc) is 3.13. The van der Waals surface area contributed by atoms with E-state index in [-0.39, 0.29) is 6.10 Å². The molecule has 3 aromatic carbocycles. The summed E-state index contributed by atoms with van der Waals surface area (Å²) in [6.07, 6.45) is -0.113. The molecule has 5 nitrogen and oxygen atoms in total. The van der Waals surface area contributed by atoms with Crippen LogP contribution < -0.4 is 9.47 Å². The largest absolute Gasteiger partial charge is 0.497 e. The summed E-state index contributed by atoms with van der Waals surface area (Å²) in [5.74, 6) is 1.57. The number of rotatable bonds is 6. The summed E-state index contributed by atoms with van der Waals surface area (Å²) in [6.45, 7) is 5.81. The van der Waals surface area contributed by atoms with Gasteiger partial charge in [0.15, 0.2) is 0 Å². The third-order valence-electron chi connectivity index (χ3n) is 6.02. The molecule has 1 unspecified atom stereocenters. The van der Waals surface area contributed by atoms with Crippen LogP contribution in [0.1, 0.15) is 37.5 Å². The van der Waals surface area contributed by atoms with Gasteiger partial charge in [0.1, 0.15) is 22.9 Å². The number of amides is 1. The molecule has 0 fully saturated rings. The quantitative estimate of drug-likeness (QED) is 0.244. The van der Waals surface area contributed by atoms with Gasteiger partial charge in [-0.2, -0.15) is 0 Å². The van der Waals surface area contributed by atoms with E-state index in [0.29, 0.717) is 32.9 Å². The molecule has 0 N–H and O–H groups in total. The fraction of sp³-hybridized carbons (Fsp3) is 0.259. The number of amidine groups is 1. The maximum absolute atomic E-state index is 13.2. The molecule has 1 aliphatic heterocycles. The number of aliphatic imine (C=N–C) groups is 1.